The summed E-state index contributed by atoms with van der Waals surface area (Å²) in [5.74, 6) is -1.17. The maximum absolute atomic E-state index is 14.5. The molecule has 0 radical (unpaired) electrons. The number of nitrogens with one attached hydrogen (secondary N) is 1. The van der Waals surface area contributed by atoms with Gasteiger partial charge in [-0.3, -0.25) is 19.2 Å². The number of ketones is 1. The molecule has 11 heteroatoms. The highest BCUT2D eigenvalue weighted by Gasteiger charge is 2.38. The Kier molecular flexibility index (Phi) is 10.7. The van der Waals surface area contributed by atoms with Crippen LogP contribution in [0.25, 0.3) is 0 Å². The standard InChI is InChI=1S/C38H41FN4O6/c1-38(2,3)49-34(44)15-14-32(36(46)41-4)43-22-29-28(37(43)47)6-5-7-33(29)48-23-24-8-11-26(12-9-24)35(45)27-16-18-42(19-17-27)31-13-10-25(21-40)20-30(31)39/h5-13,20,27,32H,14-19,22-23H2,1-4H3,(H,41,46)/t32-/m0/s1. The maximum Gasteiger partial charge on any atom is 0.306 e. The van der Waals surface area contributed by atoms with Crippen molar-refractivity contribution in [3.63, 3.8) is 0 Å². The van der Waals surface area contributed by atoms with Crippen molar-refractivity contribution in [3.05, 3.63) is 94.3 Å². The van der Waals surface area contributed by atoms with Gasteiger partial charge in [-0.1, -0.05) is 30.3 Å². The van der Waals surface area contributed by atoms with E-state index in [1.807, 2.05) is 23.1 Å². The number of fused-ring (bicyclic) bond motifs is 1. The molecule has 3 aromatic rings. The second-order valence-corrected chi connectivity index (χ2v) is 13.4. The Bertz CT molecular complexity index is 1770. The van der Waals surface area contributed by atoms with Gasteiger partial charge in [0.15, 0.2) is 5.78 Å². The van der Waals surface area contributed by atoms with Crippen LogP contribution in [0.3, 0.4) is 0 Å². The lowest BCUT2D eigenvalue weighted by molar-refractivity contribution is -0.155. The maximum atomic E-state index is 14.5. The van der Waals surface area contributed by atoms with Gasteiger partial charge in [-0.2, -0.15) is 5.26 Å². The van der Waals surface area contributed by atoms with Crippen LogP contribution < -0.4 is 15.0 Å². The summed E-state index contributed by atoms with van der Waals surface area (Å²) < 4.78 is 26.0. The average molecular weight is 669 g/mol. The second-order valence-electron chi connectivity index (χ2n) is 13.4. The molecule has 2 heterocycles. The van der Waals surface area contributed by atoms with Crippen LogP contribution in [0, 0.1) is 23.1 Å². The van der Waals surface area contributed by atoms with E-state index in [0.29, 0.717) is 54.1 Å². The number of piperidine rings is 1. The SMILES string of the molecule is CNC(=O)[C@H](CCC(=O)OC(C)(C)C)N1Cc2c(OCc3ccc(C(=O)C4CCN(c5ccc(C#N)cc5F)CC4)cc3)cccc2C1=O. The lowest BCUT2D eigenvalue weighted by Gasteiger charge is -2.33. The van der Waals surface area contributed by atoms with Crippen molar-refractivity contribution in [2.75, 3.05) is 25.0 Å². The zero-order valence-corrected chi connectivity index (χ0v) is 28.3. The molecule has 2 aliphatic rings. The molecule has 256 valence electrons. The molecule has 2 amide bonds. The van der Waals surface area contributed by atoms with Crippen molar-refractivity contribution < 1.29 is 33.0 Å². The summed E-state index contributed by atoms with van der Waals surface area (Å²) in [5, 5.41) is 11.6. The van der Waals surface area contributed by atoms with E-state index in [9.17, 15) is 23.6 Å². The smallest absolute Gasteiger partial charge is 0.306 e. The summed E-state index contributed by atoms with van der Waals surface area (Å²) in [4.78, 5) is 55.3. The minimum Gasteiger partial charge on any atom is -0.489 e. The molecular formula is C38H41FN4O6. The monoisotopic (exact) mass is 668 g/mol. The highest BCUT2D eigenvalue weighted by molar-refractivity contribution is 6.02. The van der Waals surface area contributed by atoms with Gasteiger partial charge in [0.2, 0.25) is 5.91 Å². The number of benzene rings is 3. The minimum atomic E-state index is -0.861. The van der Waals surface area contributed by atoms with E-state index in [2.05, 4.69) is 5.32 Å². The van der Waals surface area contributed by atoms with Crippen molar-refractivity contribution in [1.29, 1.82) is 5.26 Å². The number of hydrogen-bond donors (Lipinski definition) is 1. The molecule has 49 heavy (non-hydrogen) atoms. The fourth-order valence-corrected chi connectivity index (χ4v) is 6.33. The molecule has 1 saturated heterocycles. The number of esters is 1. The van der Waals surface area contributed by atoms with Crippen molar-refractivity contribution in [3.8, 4) is 11.8 Å². The Hall–Kier alpha value is -5.24. The number of likely N-dealkylation sites (N-methyl/N-ethyl adjacent to an activating group) is 1. The average Bonchev–Trinajstić information content (AvgIpc) is 3.42. The first-order chi connectivity index (χ1) is 23.4. The molecule has 0 aliphatic carbocycles. The summed E-state index contributed by atoms with van der Waals surface area (Å²) in [5.41, 5.74) is 2.60. The van der Waals surface area contributed by atoms with Crippen molar-refractivity contribution in [2.45, 2.75) is 71.2 Å². The number of halogens is 1. The highest BCUT2D eigenvalue weighted by atomic mass is 19.1. The van der Waals surface area contributed by atoms with Crippen molar-refractivity contribution in [2.24, 2.45) is 5.92 Å². The lowest BCUT2D eigenvalue weighted by Crippen LogP contribution is -2.46. The summed E-state index contributed by atoms with van der Waals surface area (Å²) in [7, 11) is 1.49. The normalized spacial score (nSPS) is 15.3. The van der Waals surface area contributed by atoms with Gasteiger partial charge in [-0.25, -0.2) is 4.39 Å². The number of hydrogen-bond acceptors (Lipinski definition) is 8. The van der Waals surface area contributed by atoms with Gasteiger partial charge in [-0.15, -0.1) is 0 Å². The molecule has 2 aliphatic heterocycles. The van der Waals surface area contributed by atoms with Gasteiger partial charge >= 0.3 is 5.97 Å². The molecule has 0 saturated carbocycles. The number of rotatable bonds is 11. The first-order valence-corrected chi connectivity index (χ1v) is 16.5. The first-order valence-electron chi connectivity index (χ1n) is 16.5. The lowest BCUT2D eigenvalue weighted by atomic mass is 9.88. The number of carbonyl (C=O) groups excluding carboxylic acids is 4. The van der Waals surface area contributed by atoms with Crippen LogP contribution in [-0.2, 0) is 27.5 Å². The Morgan fingerprint density at radius 1 is 1.06 bits per heavy atom. The van der Waals surface area contributed by atoms with E-state index in [0.717, 1.165) is 5.56 Å². The molecule has 5 rings (SSSR count). The van der Waals surface area contributed by atoms with E-state index in [1.165, 1.54) is 18.0 Å². The van der Waals surface area contributed by atoms with Crippen molar-refractivity contribution >= 4 is 29.3 Å². The Labute approximate surface area is 285 Å². The van der Waals surface area contributed by atoms with Gasteiger partial charge in [0.25, 0.3) is 5.91 Å². The molecule has 1 fully saturated rings. The number of ether oxygens (including phenoxy) is 2. The third-order valence-corrected chi connectivity index (χ3v) is 8.84. The summed E-state index contributed by atoms with van der Waals surface area (Å²) in [6.07, 6.45) is 1.29. The molecule has 10 nitrogen and oxygen atoms in total. The van der Waals surface area contributed by atoms with Crippen molar-refractivity contribution in [1.82, 2.24) is 10.2 Å². The molecule has 0 unspecified atom stereocenters. The van der Waals surface area contributed by atoms with Gasteiger partial charge in [-0.05, 0) is 75.9 Å². The zero-order valence-electron chi connectivity index (χ0n) is 28.3. The largest absolute Gasteiger partial charge is 0.489 e. The number of carbonyl (C=O) groups is 4. The van der Waals surface area contributed by atoms with E-state index in [4.69, 9.17) is 14.7 Å². The molecule has 0 spiro atoms. The Morgan fingerprint density at radius 3 is 2.41 bits per heavy atom. The summed E-state index contributed by atoms with van der Waals surface area (Å²) in [6, 6.07) is 18.0. The van der Waals surface area contributed by atoms with Crippen LogP contribution in [0.1, 0.15) is 83.9 Å². The molecule has 0 aromatic heterocycles. The fraction of sp³-hybridized carbons (Fsp3) is 0.395. The van der Waals surface area contributed by atoms with Crippen LogP contribution in [0.5, 0.6) is 5.75 Å². The third-order valence-electron chi connectivity index (χ3n) is 8.84. The predicted octanol–water partition coefficient (Wildman–Crippen LogP) is 5.57. The van der Waals surface area contributed by atoms with E-state index >= 15 is 0 Å². The Balaban J connectivity index is 1.18. The summed E-state index contributed by atoms with van der Waals surface area (Å²) >= 11 is 0. The number of amides is 2. The highest BCUT2D eigenvalue weighted by Crippen LogP contribution is 2.34. The van der Waals surface area contributed by atoms with Gasteiger partial charge < -0.3 is 24.6 Å². The van der Waals surface area contributed by atoms with Crippen LogP contribution in [0.2, 0.25) is 0 Å². The van der Waals surface area contributed by atoms with Gasteiger partial charge in [0.05, 0.1) is 23.9 Å². The quantitative estimate of drug-likeness (QED) is 0.208. The molecule has 3 aromatic carbocycles. The Morgan fingerprint density at radius 2 is 1.78 bits per heavy atom. The van der Waals surface area contributed by atoms with E-state index in [1.54, 1.807) is 63.2 Å². The van der Waals surface area contributed by atoms with Crippen LogP contribution >= 0.6 is 0 Å². The molecule has 0 bridgehead atoms. The molecular weight excluding hydrogens is 627 g/mol. The van der Waals surface area contributed by atoms with E-state index < -0.39 is 23.4 Å². The van der Waals surface area contributed by atoms with Crippen LogP contribution in [0.4, 0.5) is 10.1 Å². The summed E-state index contributed by atoms with van der Waals surface area (Å²) in [6.45, 7) is 6.75. The molecule has 1 atom stereocenters. The topological polar surface area (TPSA) is 129 Å². The van der Waals surface area contributed by atoms with Crippen LogP contribution in [0.15, 0.2) is 60.7 Å². The first kappa shape index (κ1) is 35.1. The number of nitrogens with zero attached hydrogens (tertiary/aromatic N) is 3. The predicted molar refractivity (Wildman–Crippen MR) is 180 cm³/mol. The van der Waals surface area contributed by atoms with Gasteiger partial charge in [0.1, 0.15) is 29.8 Å². The van der Waals surface area contributed by atoms with E-state index in [-0.39, 0.29) is 55.1 Å². The zero-order chi connectivity index (χ0) is 35.3. The van der Waals surface area contributed by atoms with Crippen LogP contribution in [-0.4, -0.2) is 60.2 Å². The third kappa shape index (κ3) is 8.26. The minimum absolute atomic E-state index is 0.0187. The molecule has 1 N–H and O–H groups in total. The fourth-order valence-electron chi connectivity index (χ4n) is 6.33. The van der Waals surface area contributed by atoms with Gasteiger partial charge in [0, 0.05) is 49.2 Å². The second kappa shape index (κ2) is 14.9. The number of nitriles is 1. The number of anilines is 1. The number of Topliss-reactive ketones (excluding diaryl/α,β-unsaturated/α-hetero) is 1.